The van der Waals surface area contributed by atoms with Crippen LogP contribution in [0.3, 0.4) is 0 Å². The van der Waals surface area contributed by atoms with Gasteiger partial charge in [0.15, 0.2) is 0 Å². The van der Waals surface area contributed by atoms with Gasteiger partial charge in [-0.15, -0.1) is 0 Å². The highest BCUT2D eigenvalue weighted by Gasteiger charge is 2.34. The summed E-state index contributed by atoms with van der Waals surface area (Å²) in [5, 5.41) is 2.94. The lowest BCUT2D eigenvalue weighted by molar-refractivity contribution is -0.140. The van der Waals surface area contributed by atoms with Crippen LogP contribution in [0, 0.1) is 12.8 Å². The third-order valence-corrected chi connectivity index (χ3v) is 8.56. The largest absolute Gasteiger partial charge is 0.497 e. The van der Waals surface area contributed by atoms with Crippen LogP contribution in [0.15, 0.2) is 77.7 Å². The maximum atomic E-state index is 14.2. The average Bonchev–Trinajstić information content (AvgIpc) is 2.98. The number of sulfonamides is 1. The van der Waals surface area contributed by atoms with Crippen molar-refractivity contribution >= 4 is 27.5 Å². The number of para-hydroxylation sites is 2. The predicted octanol–water partition coefficient (Wildman–Crippen LogP) is 4.79. The first kappa shape index (κ1) is 32.5. The molecule has 3 rings (SSSR count). The summed E-state index contributed by atoms with van der Waals surface area (Å²) in [6, 6.07) is 19.4. The van der Waals surface area contributed by atoms with E-state index in [4.69, 9.17) is 9.47 Å². The summed E-state index contributed by atoms with van der Waals surface area (Å²) in [6.45, 7) is 7.82. The number of rotatable bonds is 14. The molecule has 1 N–H and O–H groups in total. The van der Waals surface area contributed by atoms with Crippen molar-refractivity contribution in [3.8, 4) is 11.5 Å². The van der Waals surface area contributed by atoms with Gasteiger partial charge in [0.05, 0.1) is 24.8 Å². The standard InChI is InChI=1S/C32H41N3O6S/c1-7-28(32(37)33-20-23(2)3)34(21-25-12-10-11-24(4)19-25)31(36)22-35(29-13-8-9-14-30(29)41-6)42(38,39)27-17-15-26(40-5)16-18-27/h8-19,23,28H,7,20-22H2,1-6H3,(H,33,37)/t28-/m0/s1. The Balaban J connectivity index is 2.09. The first-order chi connectivity index (χ1) is 20.0. The Hall–Kier alpha value is -4.05. The molecule has 1 atom stereocenters. The second kappa shape index (κ2) is 14.7. The number of benzene rings is 3. The van der Waals surface area contributed by atoms with Crippen molar-refractivity contribution in [3.63, 3.8) is 0 Å². The third kappa shape index (κ3) is 8.03. The number of hydrogen-bond acceptors (Lipinski definition) is 6. The number of methoxy groups -OCH3 is 2. The lowest BCUT2D eigenvalue weighted by Gasteiger charge is -2.33. The van der Waals surface area contributed by atoms with Crippen molar-refractivity contribution < 1.29 is 27.5 Å². The van der Waals surface area contributed by atoms with E-state index in [0.29, 0.717) is 18.7 Å². The fraction of sp³-hybridized carbons (Fsp3) is 0.375. The Morgan fingerprint density at radius 1 is 0.929 bits per heavy atom. The van der Waals surface area contributed by atoms with Gasteiger partial charge in [0, 0.05) is 13.1 Å². The van der Waals surface area contributed by atoms with E-state index >= 15 is 0 Å². The van der Waals surface area contributed by atoms with E-state index < -0.39 is 28.5 Å². The van der Waals surface area contributed by atoms with Crippen molar-refractivity contribution in [2.45, 2.75) is 51.6 Å². The number of aryl methyl sites for hydroxylation is 1. The van der Waals surface area contributed by atoms with E-state index in [1.54, 1.807) is 36.4 Å². The molecule has 3 aromatic carbocycles. The van der Waals surface area contributed by atoms with Crippen LogP contribution < -0.4 is 19.1 Å². The Kier molecular flexibility index (Phi) is 11.4. The van der Waals surface area contributed by atoms with E-state index in [0.717, 1.165) is 15.4 Å². The molecule has 0 aromatic heterocycles. The van der Waals surface area contributed by atoms with E-state index in [2.05, 4.69) is 5.32 Å². The molecule has 0 heterocycles. The fourth-order valence-electron chi connectivity index (χ4n) is 4.57. The fourth-order valence-corrected chi connectivity index (χ4v) is 6.00. The lowest BCUT2D eigenvalue weighted by Crippen LogP contribution is -2.52. The molecule has 0 aliphatic carbocycles. The van der Waals surface area contributed by atoms with E-state index in [-0.39, 0.29) is 34.7 Å². The number of nitrogens with zero attached hydrogens (tertiary/aromatic N) is 2. The maximum Gasteiger partial charge on any atom is 0.264 e. The molecule has 2 amide bonds. The van der Waals surface area contributed by atoms with Gasteiger partial charge >= 0.3 is 0 Å². The van der Waals surface area contributed by atoms with E-state index in [1.165, 1.54) is 31.3 Å². The number of carbonyl (C=O) groups excluding carboxylic acids is 2. The first-order valence-corrected chi connectivity index (χ1v) is 15.4. The van der Waals surface area contributed by atoms with Crippen molar-refractivity contribution in [3.05, 3.63) is 83.9 Å². The average molecular weight is 596 g/mol. The molecule has 0 bridgehead atoms. The van der Waals surface area contributed by atoms with Crippen LogP contribution >= 0.6 is 0 Å². The topological polar surface area (TPSA) is 105 Å². The monoisotopic (exact) mass is 595 g/mol. The van der Waals surface area contributed by atoms with Crippen LogP contribution in [0.1, 0.15) is 38.3 Å². The van der Waals surface area contributed by atoms with Gasteiger partial charge < -0.3 is 19.7 Å². The summed E-state index contributed by atoms with van der Waals surface area (Å²) >= 11 is 0. The van der Waals surface area contributed by atoms with Crippen molar-refractivity contribution in [1.29, 1.82) is 0 Å². The maximum absolute atomic E-state index is 14.2. The predicted molar refractivity (Wildman–Crippen MR) is 164 cm³/mol. The van der Waals surface area contributed by atoms with Crippen molar-refractivity contribution in [2.24, 2.45) is 5.92 Å². The molecular formula is C32H41N3O6S. The highest BCUT2D eigenvalue weighted by atomic mass is 32.2. The molecule has 0 unspecified atom stereocenters. The number of ether oxygens (including phenoxy) is 2. The van der Waals surface area contributed by atoms with E-state index in [1.807, 2.05) is 52.0 Å². The highest BCUT2D eigenvalue weighted by molar-refractivity contribution is 7.92. The van der Waals surface area contributed by atoms with Gasteiger partial charge in [-0.05, 0) is 61.2 Å². The minimum Gasteiger partial charge on any atom is -0.497 e. The van der Waals surface area contributed by atoms with Gasteiger partial charge in [-0.1, -0.05) is 62.7 Å². The zero-order valence-corrected chi connectivity index (χ0v) is 26.0. The van der Waals surface area contributed by atoms with Crippen LogP contribution in [0.5, 0.6) is 11.5 Å². The SMILES string of the molecule is CC[C@@H](C(=O)NCC(C)C)N(Cc1cccc(C)c1)C(=O)CN(c1ccccc1OC)S(=O)(=O)c1ccc(OC)cc1. The van der Waals surface area contributed by atoms with Gasteiger partial charge in [-0.25, -0.2) is 8.42 Å². The van der Waals surface area contributed by atoms with Gasteiger partial charge in [0.25, 0.3) is 10.0 Å². The molecule has 10 heteroatoms. The number of amides is 2. The Labute approximate surface area is 249 Å². The smallest absolute Gasteiger partial charge is 0.264 e. The Bertz CT molecular complexity index is 1460. The molecule has 0 aliphatic heterocycles. The minimum atomic E-state index is -4.24. The molecule has 0 radical (unpaired) electrons. The zero-order chi connectivity index (χ0) is 30.9. The molecule has 226 valence electrons. The Morgan fingerprint density at radius 2 is 1.62 bits per heavy atom. The van der Waals surface area contributed by atoms with Crippen molar-refractivity contribution in [2.75, 3.05) is 31.6 Å². The van der Waals surface area contributed by atoms with E-state index in [9.17, 15) is 18.0 Å². The second-order valence-electron chi connectivity index (χ2n) is 10.4. The van der Waals surface area contributed by atoms with Crippen LogP contribution in [0.2, 0.25) is 0 Å². The van der Waals surface area contributed by atoms with Crippen LogP contribution in [0.4, 0.5) is 5.69 Å². The van der Waals surface area contributed by atoms with Gasteiger partial charge in [0.2, 0.25) is 11.8 Å². The lowest BCUT2D eigenvalue weighted by atomic mass is 10.1. The zero-order valence-electron chi connectivity index (χ0n) is 25.2. The summed E-state index contributed by atoms with van der Waals surface area (Å²) in [6.07, 6.45) is 0.349. The minimum absolute atomic E-state index is 0.0195. The van der Waals surface area contributed by atoms with Gasteiger partial charge in [-0.2, -0.15) is 0 Å². The molecule has 0 aliphatic rings. The highest BCUT2D eigenvalue weighted by Crippen LogP contribution is 2.33. The number of carbonyl (C=O) groups is 2. The summed E-state index contributed by atoms with van der Waals surface area (Å²) in [5.41, 5.74) is 2.05. The van der Waals surface area contributed by atoms with Gasteiger partial charge in [0.1, 0.15) is 24.1 Å². The molecule has 3 aromatic rings. The second-order valence-corrected chi connectivity index (χ2v) is 12.3. The number of hydrogen-bond donors (Lipinski definition) is 1. The van der Waals surface area contributed by atoms with Crippen LogP contribution in [-0.4, -0.2) is 58.5 Å². The summed E-state index contributed by atoms with van der Waals surface area (Å²) < 4.78 is 39.9. The third-order valence-electron chi connectivity index (χ3n) is 6.79. The molecule has 42 heavy (non-hydrogen) atoms. The van der Waals surface area contributed by atoms with Gasteiger partial charge in [-0.3, -0.25) is 13.9 Å². The summed E-state index contributed by atoms with van der Waals surface area (Å²) in [4.78, 5) is 29.0. The molecule has 0 spiro atoms. The quantitative estimate of drug-likeness (QED) is 0.288. The molecule has 0 saturated carbocycles. The molecule has 0 saturated heterocycles. The molecular weight excluding hydrogens is 554 g/mol. The number of nitrogens with one attached hydrogen (secondary N) is 1. The van der Waals surface area contributed by atoms with Crippen LogP contribution in [-0.2, 0) is 26.2 Å². The summed E-state index contributed by atoms with van der Waals surface area (Å²) in [5.74, 6) is 0.203. The first-order valence-electron chi connectivity index (χ1n) is 13.9. The van der Waals surface area contributed by atoms with Crippen molar-refractivity contribution in [1.82, 2.24) is 10.2 Å². The normalized spacial score (nSPS) is 12.0. The Morgan fingerprint density at radius 3 is 2.21 bits per heavy atom. The molecule has 9 nitrogen and oxygen atoms in total. The summed E-state index contributed by atoms with van der Waals surface area (Å²) in [7, 11) is -1.31. The molecule has 0 fully saturated rings. The number of anilines is 1. The van der Waals surface area contributed by atoms with Crippen LogP contribution in [0.25, 0.3) is 0 Å².